The van der Waals surface area contributed by atoms with Gasteiger partial charge in [0.1, 0.15) is 0 Å². The van der Waals surface area contributed by atoms with E-state index in [9.17, 15) is 13.2 Å². The van der Waals surface area contributed by atoms with Gasteiger partial charge in [-0.05, 0) is 48.4 Å². The van der Waals surface area contributed by atoms with Crippen molar-refractivity contribution in [2.45, 2.75) is 24.8 Å². The van der Waals surface area contributed by atoms with Crippen molar-refractivity contribution in [2.24, 2.45) is 0 Å². The molecule has 0 radical (unpaired) electrons. The minimum atomic E-state index is -3.56. The van der Waals surface area contributed by atoms with Crippen molar-refractivity contribution in [3.05, 3.63) is 64.1 Å². The van der Waals surface area contributed by atoms with E-state index in [0.717, 1.165) is 16.5 Å². The summed E-state index contributed by atoms with van der Waals surface area (Å²) in [7, 11) is -3.56. The Morgan fingerprint density at radius 3 is 2.25 bits per heavy atom. The SMILES string of the molecule is CCCNC(=O)c1ccc(CNS(=O)(=O)c2ccc(Br)cc2)cc1. The molecule has 0 aliphatic carbocycles. The summed E-state index contributed by atoms with van der Waals surface area (Å²) in [6.45, 7) is 2.78. The van der Waals surface area contributed by atoms with Gasteiger partial charge in [-0.25, -0.2) is 13.1 Å². The molecule has 0 heterocycles. The maximum Gasteiger partial charge on any atom is 0.251 e. The summed E-state index contributed by atoms with van der Waals surface area (Å²) in [5.41, 5.74) is 1.34. The summed E-state index contributed by atoms with van der Waals surface area (Å²) in [6, 6.07) is 13.3. The lowest BCUT2D eigenvalue weighted by molar-refractivity contribution is 0.0953. The normalized spacial score (nSPS) is 11.2. The van der Waals surface area contributed by atoms with Crippen molar-refractivity contribution < 1.29 is 13.2 Å². The van der Waals surface area contributed by atoms with Crippen molar-refractivity contribution in [3.8, 4) is 0 Å². The number of carbonyl (C=O) groups is 1. The van der Waals surface area contributed by atoms with Gasteiger partial charge >= 0.3 is 0 Å². The lowest BCUT2D eigenvalue weighted by Crippen LogP contribution is -2.24. The molecule has 24 heavy (non-hydrogen) atoms. The zero-order chi connectivity index (χ0) is 17.6. The van der Waals surface area contributed by atoms with Gasteiger partial charge in [0.2, 0.25) is 10.0 Å². The lowest BCUT2D eigenvalue weighted by atomic mass is 10.1. The van der Waals surface area contributed by atoms with Crippen molar-refractivity contribution in [3.63, 3.8) is 0 Å². The van der Waals surface area contributed by atoms with Gasteiger partial charge in [-0.2, -0.15) is 0 Å². The zero-order valence-electron chi connectivity index (χ0n) is 13.3. The van der Waals surface area contributed by atoms with Crippen LogP contribution in [-0.4, -0.2) is 20.9 Å². The lowest BCUT2D eigenvalue weighted by Gasteiger charge is -2.08. The zero-order valence-corrected chi connectivity index (χ0v) is 15.7. The summed E-state index contributed by atoms with van der Waals surface area (Å²) in [5.74, 6) is -0.126. The van der Waals surface area contributed by atoms with E-state index in [1.54, 1.807) is 36.4 Å². The molecule has 0 aliphatic rings. The molecular weight excluding hydrogens is 392 g/mol. The van der Waals surface area contributed by atoms with E-state index in [1.165, 1.54) is 12.1 Å². The molecular formula is C17H19BrN2O3S. The predicted molar refractivity (Wildman–Crippen MR) is 97.2 cm³/mol. The van der Waals surface area contributed by atoms with Gasteiger partial charge in [-0.1, -0.05) is 35.0 Å². The average Bonchev–Trinajstić information content (AvgIpc) is 2.59. The second-order valence-corrected chi connectivity index (χ2v) is 7.91. The van der Waals surface area contributed by atoms with Crippen LogP contribution in [0.2, 0.25) is 0 Å². The highest BCUT2D eigenvalue weighted by atomic mass is 79.9. The van der Waals surface area contributed by atoms with Crippen LogP contribution in [-0.2, 0) is 16.6 Å². The number of halogens is 1. The third-order valence-electron chi connectivity index (χ3n) is 3.34. The van der Waals surface area contributed by atoms with Crippen LogP contribution in [0.3, 0.4) is 0 Å². The number of hydrogen-bond donors (Lipinski definition) is 2. The molecule has 5 nitrogen and oxygen atoms in total. The predicted octanol–water partition coefficient (Wildman–Crippen LogP) is 3.07. The summed E-state index contributed by atoms with van der Waals surface area (Å²) in [6.07, 6.45) is 0.877. The molecule has 0 saturated carbocycles. The maximum atomic E-state index is 12.2. The van der Waals surface area contributed by atoms with E-state index in [4.69, 9.17) is 0 Å². The van der Waals surface area contributed by atoms with Gasteiger partial charge in [0.25, 0.3) is 5.91 Å². The molecule has 2 rings (SSSR count). The Morgan fingerprint density at radius 1 is 1.04 bits per heavy atom. The smallest absolute Gasteiger partial charge is 0.251 e. The van der Waals surface area contributed by atoms with Crippen molar-refractivity contribution in [2.75, 3.05) is 6.54 Å². The quantitative estimate of drug-likeness (QED) is 0.736. The molecule has 0 atom stereocenters. The number of sulfonamides is 1. The third-order valence-corrected chi connectivity index (χ3v) is 5.29. The molecule has 7 heteroatoms. The van der Waals surface area contributed by atoms with Gasteiger partial charge in [0, 0.05) is 23.1 Å². The first-order chi connectivity index (χ1) is 11.4. The van der Waals surface area contributed by atoms with E-state index >= 15 is 0 Å². The summed E-state index contributed by atoms with van der Waals surface area (Å²) < 4.78 is 27.8. The van der Waals surface area contributed by atoms with Crippen molar-refractivity contribution in [1.82, 2.24) is 10.0 Å². The molecule has 1 amide bonds. The molecule has 0 spiro atoms. The standard InChI is InChI=1S/C17H19BrN2O3S/c1-2-11-19-17(21)14-5-3-13(4-6-14)12-20-24(22,23)16-9-7-15(18)8-10-16/h3-10,20H,2,11-12H2,1H3,(H,19,21). The Morgan fingerprint density at radius 2 is 1.67 bits per heavy atom. The van der Waals surface area contributed by atoms with Crippen LogP contribution in [0, 0.1) is 0 Å². The van der Waals surface area contributed by atoms with Crippen LogP contribution >= 0.6 is 15.9 Å². The summed E-state index contributed by atoms with van der Waals surface area (Å²) >= 11 is 3.27. The minimum Gasteiger partial charge on any atom is -0.352 e. The molecule has 2 aromatic rings. The van der Waals surface area contributed by atoms with Crippen molar-refractivity contribution in [1.29, 1.82) is 0 Å². The van der Waals surface area contributed by atoms with E-state index in [2.05, 4.69) is 26.0 Å². The van der Waals surface area contributed by atoms with Gasteiger partial charge < -0.3 is 5.32 Å². The Bertz CT molecular complexity index is 788. The fourth-order valence-electron chi connectivity index (χ4n) is 1.99. The van der Waals surface area contributed by atoms with Gasteiger partial charge in [-0.15, -0.1) is 0 Å². The van der Waals surface area contributed by atoms with E-state index in [1.807, 2.05) is 6.92 Å². The number of amides is 1. The highest BCUT2D eigenvalue weighted by Gasteiger charge is 2.13. The number of carbonyl (C=O) groups excluding carboxylic acids is 1. The molecule has 0 fully saturated rings. The minimum absolute atomic E-state index is 0.126. The number of benzene rings is 2. The molecule has 2 N–H and O–H groups in total. The molecule has 0 unspecified atom stereocenters. The van der Waals surface area contributed by atoms with Crippen LogP contribution in [0.15, 0.2) is 57.9 Å². The number of nitrogens with one attached hydrogen (secondary N) is 2. The Labute approximate surface area is 150 Å². The summed E-state index contributed by atoms with van der Waals surface area (Å²) in [5, 5.41) is 2.80. The van der Waals surface area contributed by atoms with Crippen LogP contribution in [0.4, 0.5) is 0 Å². The first kappa shape index (κ1) is 18.6. The van der Waals surface area contributed by atoms with Crippen LogP contribution in [0.1, 0.15) is 29.3 Å². The highest BCUT2D eigenvalue weighted by molar-refractivity contribution is 9.10. The fourth-order valence-corrected chi connectivity index (χ4v) is 3.27. The summed E-state index contributed by atoms with van der Waals surface area (Å²) in [4.78, 5) is 12.0. The Kier molecular flexibility index (Phi) is 6.53. The monoisotopic (exact) mass is 410 g/mol. The van der Waals surface area contributed by atoms with Crippen LogP contribution in [0.25, 0.3) is 0 Å². The van der Waals surface area contributed by atoms with Gasteiger partial charge in [0.05, 0.1) is 4.90 Å². The van der Waals surface area contributed by atoms with Crippen molar-refractivity contribution >= 4 is 31.9 Å². The average molecular weight is 411 g/mol. The van der Waals surface area contributed by atoms with E-state index < -0.39 is 10.0 Å². The molecule has 128 valence electrons. The Hall–Kier alpha value is -1.70. The molecule has 2 aromatic carbocycles. The number of rotatable bonds is 7. The third kappa shape index (κ3) is 5.15. The number of hydrogen-bond acceptors (Lipinski definition) is 3. The highest BCUT2D eigenvalue weighted by Crippen LogP contribution is 2.15. The van der Waals surface area contributed by atoms with Gasteiger partial charge in [-0.3, -0.25) is 4.79 Å². The largest absolute Gasteiger partial charge is 0.352 e. The molecule has 0 saturated heterocycles. The van der Waals surface area contributed by atoms with Crippen LogP contribution in [0.5, 0.6) is 0 Å². The topological polar surface area (TPSA) is 75.3 Å². The first-order valence-electron chi connectivity index (χ1n) is 7.55. The molecule has 0 aliphatic heterocycles. The maximum absolute atomic E-state index is 12.2. The molecule has 0 bridgehead atoms. The second-order valence-electron chi connectivity index (χ2n) is 5.23. The Balaban J connectivity index is 1.99. The second kappa shape index (κ2) is 8.41. The van der Waals surface area contributed by atoms with E-state index in [-0.39, 0.29) is 17.3 Å². The fraction of sp³-hybridized carbons (Fsp3) is 0.235. The van der Waals surface area contributed by atoms with Crippen LogP contribution < -0.4 is 10.0 Å². The molecule has 0 aromatic heterocycles. The first-order valence-corrected chi connectivity index (χ1v) is 9.82. The van der Waals surface area contributed by atoms with E-state index in [0.29, 0.717) is 12.1 Å². The van der Waals surface area contributed by atoms with Gasteiger partial charge in [0.15, 0.2) is 0 Å².